The van der Waals surface area contributed by atoms with Crippen LogP contribution in [-0.4, -0.2) is 12.0 Å². The molecule has 0 aliphatic heterocycles. The summed E-state index contributed by atoms with van der Waals surface area (Å²) < 4.78 is 6.01. The SMILES string of the molecule is CC[C@H](Oc1ccc(C(C)(C)C)cc1)C(=O)N[C@H](CC)c1ccc(C)cc1C. The van der Waals surface area contributed by atoms with E-state index in [-0.39, 0.29) is 17.4 Å². The molecule has 152 valence electrons. The van der Waals surface area contributed by atoms with Gasteiger partial charge in [0, 0.05) is 0 Å². The zero-order chi connectivity index (χ0) is 20.9. The summed E-state index contributed by atoms with van der Waals surface area (Å²) in [7, 11) is 0. The Kier molecular flexibility index (Phi) is 7.29. The van der Waals surface area contributed by atoms with Gasteiger partial charge in [-0.3, -0.25) is 4.79 Å². The maximum atomic E-state index is 12.9. The predicted octanol–water partition coefficient (Wildman–Crippen LogP) is 6.03. The number of hydrogen-bond donors (Lipinski definition) is 1. The van der Waals surface area contributed by atoms with Crippen LogP contribution in [0.25, 0.3) is 0 Å². The molecule has 28 heavy (non-hydrogen) atoms. The first kappa shape index (κ1) is 22.0. The van der Waals surface area contributed by atoms with E-state index in [1.165, 1.54) is 22.3 Å². The molecule has 3 heteroatoms. The van der Waals surface area contributed by atoms with E-state index in [9.17, 15) is 4.79 Å². The van der Waals surface area contributed by atoms with Crippen molar-refractivity contribution in [2.24, 2.45) is 0 Å². The van der Waals surface area contributed by atoms with Crippen LogP contribution in [0.4, 0.5) is 0 Å². The number of amides is 1. The molecule has 0 saturated heterocycles. The highest BCUT2D eigenvalue weighted by molar-refractivity contribution is 5.81. The van der Waals surface area contributed by atoms with Gasteiger partial charge in [0.05, 0.1) is 6.04 Å². The van der Waals surface area contributed by atoms with Gasteiger partial charge in [-0.15, -0.1) is 0 Å². The Morgan fingerprint density at radius 1 is 1.00 bits per heavy atom. The molecule has 0 heterocycles. The van der Waals surface area contributed by atoms with E-state index in [1.807, 2.05) is 19.1 Å². The molecule has 0 aliphatic rings. The second-order valence-electron chi connectivity index (χ2n) is 8.62. The number of rotatable bonds is 7. The fourth-order valence-corrected chi connectivity index (χ4v) is 3.40. The third-order valence-corrected chi connectivity index (χ3v) is 5.19. The van der Waals surface area contributed by atoms with Crippen molar-refractivity contribution < 1.29 is 9.53 Å². The number of benzene rings is 2. The number of nitrogens with one attached hydrogen (secondary N) is 1. The summed E-state index contributed by atoms with van der Waals surface area (Å²) in [6.45, 7) is 14.8. The summed E-state index contributed by atoms with van der Waals surface area (Å²) in [5, 5.41) is 3.19. The van der Waals surface area contributed by atoms with Crippen molar-refractivity contribution in [1.82, 2.24) is 5.32 Å². The lowest BCUT2D eigenvalue weighted by atomic mass is 9.87. The lowest BCUT2D eigenvalue weighted by Crippen LogP contribution is -2.40. The van der Waals surface area contributed by atoms with Crippen LogP contribution >= 0.6 is 0 Å². The number of aryl methyl sites for hydroxylation is 2. The van der Waals surface area contributed by atoms with Crippen LogP contribution in [0.3, 0.4) is 0 Å². The number of carbonyl (C=O) groups excluding carboxylic acids is 1. The maximum absolute atomic E-state index is 12.9. The van der Waals surface area contributed by atoms with Crippen molar-refractivity contribution in [3.8, 4) is 5.75 Å². The van der Waals surface area contributed by atoms with E-state index >= 15 is 0 Å². The molecule has 2 atom stereocenters. The topological polar surface area (TPSA) is 38.3 Å². The fourth-order valence-electron chi connectivity index (χ4n) is 3.40. The first-order valence-electron chi connectivity index (χ1n) is 10.3. The van der Waals surface area contributed by atoms with Gasteiger partial charge in [-0.25, -0.2) is 0 Å². The molecular formula is C25H35NO2. The van der Waals surface area contributed by atoms with Crippen molar-refractivity contribution in [3.05, 3.63) is 64.7 Å². The largest absolute Gasteiger partial charge is 0.481 e. The Hall–Kier alpha value is -2.29. The van der Waals surface area contributed by atoms with E-state index in [0.29, 0.717) is 6.42 Å². The molecule has 0 aliphatic carbocycles. The molecule has 1 amide bonds. The van der Waals surface area contributed by atoms with Crippen LogP contribution in [0.1, 0.15) is 75.8 Å². The van der Waals surface area contributed by atoms with Gasteiger partial charge in [0.2, 0.25) is 0 Å². The van der Waals surface area contributed by atoms with Gasteiger partial charge in [-0.2, -0.15) is 0 Å². The van der Waals surface area contributed by atoms with Gasteiger partial charge in [-0.05, 0) is 60.9 Å². The highest BCUT2D eigenvalue weighted by atomic mass is 16.5. The van der Waals surface area contributed by atoms with Crippen LogP contribution in [0.2, 0.25) is 0 Å². The summed E-state index contributed by atoms with van der Waals surface area (Å²) in [6, 6.07) is 14.4. The molecule has 1 N–H and O–H groups in total. The molecule has 2 aromatic carbocycles. The molecule has 2 aromatic rings. The van der Waals surface area contributed by atoms with E-state index in [4.69, 9.17) is 4.74 Å². The molecule has 0 radical (unpaired) electrons. The van der Waals surface area contributed by atoms with E-state index in [0.717, 1.165) is 12.2 Å². The third kappa shape index (κ3) is 5.60. The summed E-state index contributed by atoms with van der Waals surface area (Å²) in [5.74, 6) is 0.670. The Balaban J connectivity index is 2.09. The minimum atomic E-state index is -0.500. The lowest BCUT2D eigenvalue weighted by Gasteiger charge is -2.24. The van der Waals surface area contributed by atoms with Gasteiger partial charge < -0.3 is 10.1 Å². The molecule has 0 aromatic heterocycles. The standard InChI is InChI=1S/C25H35NO2/c1-8-22(21-15-10-17(3)16-18(21)4)26-24(27)23(9-2)28-20-13-11-19(12-14-20)25(5,6)7/h10-16,22-23H,8-9H2,1-7H3,(H,26,27)/t22-,23+/m1/s1. The van der Waals surface area contributed by atoms with Crippen LogP contribution in [0, 0.1) is 13.8 Å². The Morgan fingerprint density at radius 3 is 2.14 bits per heavy atom. The average Bonchev–Trinajstić information content (AvgIpc) is 2.64. The van der Waals surface area contributed by atoms with Crippen LogP contribution in [0.5, 0.6) is 5.75 Å². The predicted molar refractivity (Wildman–Crippen MR) is 117 cm³/mol. The van der Waals surface area contributed by atoms with Gasteiger partial charge in [0.1, 0.15) is 5.75 Å². The number of carbonyl (C=O) groups is 1. The Bertz CT molecular complexity index is 787. The third-order valence-electron chi connectivity index (χ3n) is 5.19. The van der Waals surface area contributed by atoms with Crippen molar-refractivity contribution in [3.63, 3.8) is 0 Å². The number of ether oxygens (including phenoxy) is 1. The highest BCUT2D eigenvalue weighted by Crippen LogP contribution is 2.26. The molecule has 0 spiro atoms. The van der Waals surface area contributed by atoms with Crippen LogP contribution in [0.15, 0.2) is 42.5 Å². The molecule has 0 unspecified atom stereocenters. The highest BCUT2D eigenvalue weighted by Gasteiger charge is 2.23. The summed E-state index contributed by atoms with van der Waals surface area (Å²) in [5.41, 5.74) is 4.96. The van der Waals surface area contributed by atoms with Crippen molar-refractivity contribution in [2.45, 2.75) is 78.9 Å². The average molecular weight is 382 g/mol. The van der Waals surface area contributed by atoms with Gasteiger partial charge in [0.15, 0.2) is 6.10 Å². The minimum Gasteiger partial charge on any atom is -0.481 e. The smallest absolute Gasteiger partial charge is 0.261 e. The van der Waals surface area contributed by atoms with Gasteiger partial charge >= 0.3 is 0 Å². The number of hydrogen-bond acceptors (Lipinski definition) is 2. The monoisotopic (exact) mass is 381 g/mol. The molecular weight excluding hydrogens is 346 g/mol. The molecule has 0 fully saturated rings. The quantitative estimate of drug-likeness (QED) is 0.636. The second-order valence-corrected chi connectivity index (χ2v) is 8.62. The fraction of sp³-hybridized carbons (Fsp3) is 0.480. The van der Waals surface area contributed by atoms with E-state index in [2.05, 4.69) is 77.2 Å². The molecule has 2 rings (SSSR count). The Labute approximate surface area is 170 Å². The van der Waals surface area contributed by atoms with E-state index in [1.54, 1.807) is 0 Å². The zero-order valence-corrected chi connectivity index (χ0v) is 18.4. The van der Waals surface area contributed by atoms with Gasteiger partial charge in [0.25, 0.3) is 5.91 Å². The van der Waals surface area contributed by atoms with Crippen LogP contribution < -0.4 is 10.1 Å². The van der Waals surface area contributed by atoms with Gasteiger partial charge in [-0.1, -0.05) is 70.5 Å². The van der Waals surface area contributed by atoms with Crippen molar-refractivity contribution >= 4 is 5.91 Å². The summed E-state index contributed by atoms with van der Waals surface area (Å²) in [6.07, 6.45) is 0.961. The second kappa shape index (κ2) is 9.27. The molecule has 0 saturated carbocycles. The first-order chi connectivity index (χ1) is 13.2. The zero-order valence-electron chi connectivity index (χ0n) is 18.4. The normalized spacial score (nSPS) is 13.7. The summed E-state index contributed by atoms with van der Waals surface area (Å²) >= 11 is 0. The summed E-state index contributed by atoms with van der Waals surface area (Å²) in [4.78, 5) is 12.9. The maximum Gasteiger partial charge on any atom is 0.261 e. The Morgan fingerprint density at radius 2 is 1.64 bits per heavy atom. The minimum absolute atomic E-state index is 0.00554. The van der Waals surface area contributed by atoms with Crippen LogP contribution in [-0.2, 0) is 10.2 Å². The first-order valence-corrected chi connectivity index (χ1v) is 10.3. The van der Waals surface area contributed by atoms with E-state index < -0.39 is 6.10 Å². The molecule has 3 nitrogen and oxygen atoms in total. The van der Waals surface area contributed by atoms with Crippen molar-refractivity contribution in [2.75, 3.05) is 0 Å². The van der Waals surface area contributed by atoms with Crippen molar-refractivity contribution in [1.29, 1.82) is 0 Å². The molecule has 0 bridgehead atoms. The lowest BCUT2D eigenvalue weighted by molar-refractivity contribution is -0.128.